The number of hydrogen-bond acceptors (Lipinski definition) is 6. The van der Waals surface area contributed by atoms with Crippen molar-refractivity contribution in [3.8, 4) is 11.5 Å². The van der Waals surface area contributed by atoms with E-state index in [0.717, 1.165) is 11.3 Å². The molecule has 0 unspecified atom stereocenters. The molecular weight excluding hydrogens is 438 g/mol. The topological polar surface area (TPSA) is 91.8 Å². The standard InChI is InChI=1S/C25H31N3O4S/c1-18-15-20(17-21(16-18)32-14-13-27-19-9-11-26-12-10-19)28(5)33(30,31)23-8-6-7-22(24(23)29)25(2,3)4/h6-12,15-17,29H,13-14H2,1-5H3,(H,26,27). The highest BCUT2D eigenvalue weighted by atomic mass is 32.2. The number of benzene rings is 2. The molecule has 0 atom stereocenters. The van der Waals surface area contributed by atoms with E-state index in [0.29, 0.717) is 30.2 Å². The molecule has 176 valence electrons. The third-order valence-corrected chi connectivity index (χ3v) is 7.04. The van der Waals surface area contributed by atoms with Crippen molar-refractivity contribution in [2.45, 2.75) is 38.0 Å². The Morgan fingerprint density at radius 1 is 1.09 bits per heavy atom. The maximum Gasteiger partial charge on any atom is 0.267 e. The Kier molecular flexibility index (Phi) is 7.17. The fourth-order valence-electron chi connectivity index (χ4n) is 3.45. The van der Waals surface area contributed by atoms with Crippen molar-refractivity contribution in [1.29, 1.82) is 0 Å². The van der Waals surface area contributed by atoms with Crippen molar-refractivity contribution in [1.82, 2.24) is 4.98 Å². The van der Waals surface area contributed by atoms with Gasteiger partial charge in [0.05, 0.1) is 5.69 Å². The summed E-state index contributed by atoms with van der Waals surface area (Å²) in [6, 6.07) is 13.9. The molecule has 0 saturated carbocycles. The minimum absolute atomic E-state index is 0.122. The van der Waals surface area contributed by atoms with E-state index in [1.807, 2.05) is 45.9 Å². The van der Waals surface area contributed by atoms with Crippen LogP contribution in [0.15, 0.2) is 65.8 Å². The molecule has 7 nitrogen and oxygen atoms in total. The predicted octanol–water partition coefficient (Wildman–Crippen LogP) is 4.71. The van der Waals surface area contributed by atoms with Crippen LogP contribution in [0.3, 0.4) is 0 Å². The van der Waals surface area contributed by atoms with E-state index in [-0.39, 0.29) is 10.6 Å². The lowest BCUT2D eigenvalue weighted by Crippen LogP contribution is -2.27. The normalized spacial score (nSPS) is 11.8. The minimum Gasteiger partial charge on any atom is -0.506 e. The molecule has 33 heavy (non-hydrogen) atoms. The van der Waals surface area contributed by atoms with Crippen LogP contribution in [0.2, 0.25) is 0 Å². The summed E-state index contributed by atoms with van der Waals surface area (Å²) in [5.74, 6) is 0.347. The van der Waals surface area contributed by atoms with Crippen molar-refractivity contribution in [2.24, 2.45) is 0 Å². The average Bonchev–Trinajstić information content (AvgIpc) is 2.75. The Morgan fingerprint density at radius 3 is 2.45 bits per heavy atom. The van der Waals surface area contributed by atoms with Crippen LogP contribution in [0, 0.1) is 6.92 Å². The van der Waals surface area contributed by atoms with E-state index in [4.69, 9.17) is 4.74 Å². The number of phenolic OH excluding ortho intramolecular Hbond substituents is 1. The van der Waals surface area contributed by atoms with Crippen LogP contribution in [0.5, 0.6) is 11.5 Å². The number of anilines is 2. The number of rotatable bonds is 8. The Balaban J connectivity index is 1.79. The lowest BCUT2D eigenvalue weighted by Gasteiger charge is -2.25. The lowest BCUT2D eigenvalue weighted by atomic mass is 9.86. The van der Waals surface area contributed by atoms with E-state index < -0.39 is 15.4 Å². The zero-order valence-electron chi connectivity index (χ0n) is 19.7. The van der Waals surface area contributed by atoms with Gasteiger partial charge in [0.25, 0.3) is 10.0 Å². The Morgan fingerprint density at radius 2 is 1.79 bits per heavy atom. The molecule has 2 N–H and O–H groups in total. The third-order valence-electron chi connectivity index (χ3n) is 5.22. The van der Waals surface area contributed by atoms with Gasteiger partial charge in [0, 0.05) is 43.3 Å². The first kappa shape index (κ1) is 24.4. The first-order valence-electron chi connectivity index (χ1n) is 10.7. The fraction of sp³-hybridized carbons (Fsp3) is 0.320. The largest absolute Gasteiger partial charge is 0.506 e. The molecule has 3 rings (SSSR count). The quantitative estimate of drug-likeness (QED) is 0.464. The van der Waals surface area contributed by atoms with Crippen molar-refractivity contribution >= 4 is 21.4 Å². The van der Waals surface area contributed by atoms with Crippen molar-refractivity contribution in [3.05, 3.63) is 72.1 Å². The van der Waals surface area contributed by atoms with Gasteiger partial charge in [-0.25, -0.2) is 8.42 Å². The Labute approximate surface area is 196 Å². The first-order chi connectivity index (χ1) is 15.5. The smallest absolute Gasteiger partial charge is 0.267 e. The van der Waals surface area contributed by atoms with Crippen molar-refractivity contribution < 1.29 is 18.3 Å². The van der Waals surface area contributed by atoms with Crippen LogP contribution in [-0.2, 0) is 15.4 Å². The number of nitrogens with one attached hydrogen (secondary N) is 1. The second kappa shape index (κ2) is 9.70. The van der Waals surface area contributed by atoms with Gasteiger partial charge in [-0.1, -0.05) is 32.9 Å². The van der Waals surface area contributed by atoms with Gasteiger partial charge >= 0.3 is 0 Å². The summed E-state index contributed by atoms with van der Waals surface area (Å²) in [5.41, 5.74) is 2.43. The number of ether oxygens (including phenoxy) is 1. The summed E-state index contributed by atoms with van der Waals surface area (Å²) in [7, 11) is -2.52. The molecule has 1 heterocycles. The van der Waals surface area contributed by atoms with E-state index in [9.17, 15) is 13.5 Å². The molecule has 0 aliphatic rings. The number of phenols is 1. The van der Waals surface area contributed by atoms with Gasteiger partial charge in [0.1, 0.15) is 23.0 Å². The molecule has 2 aromatic carbocycles. The SMILES string of the molecule is Cc1cc(OCCNc2ccncc2)cc(N(C)S(=O)(=O)c2cccc(C(C)(C)C)c2O)c1. The molecular formula is C25H31N3O4S. The van der Waals surface area contributed by atoms with E-state index in [1.54, 1.807) is 36.7 Å². The Hall–Kier alpha value is -3.26. The number of sulfonamides is 1. The molecule has 3 aromatic rings. The number of nitrogens with zero attached hydrogens (tertiary/aromatic N) is 2. The second-order valence-electron chi connectivity index (χ2n) is 8.89. The summed E-state index contributed by atoms with van der Waals surface area (Å²) in [6.45, 7) is 8.64. The number of aryl methyl sites for hydroxylation is 1. The van der Waals surface area contributed by atoms with Crippen molar-refractivity contribution in [2.75, 3.05) is 29.8 Å². The van der Waals surface area contributed by atoms with Crippen LogP contribution in [0.1, 0.15) is 31.9 Å². The van der Waals surface area contributed by atoms with E-state index in [1.165, 1.54) is 17.4 Å². The van der Waals surface area contributed by atoms with Gasteiger partial charge in [0.2, 0.25) is 0 Å². The Bertz CT molecular complexity index is 1210. The maximum atomic E-state index is 13.4. The first-order valence-corrected chi connectivity index (χ1v) is 12.1. The third kappa shape index (κ3) is 5.76. The summed E-state index contributed by atoms with van der Waals surface area (Å²) in [4.78, 5) is 3.86. The maximum absolute atomic E-state index is 13.4. The highest BCUT2D eigenvalue weighted by molar-refractivity contribution is 7.92. The second-order valence-corrected chi connectivity index (χ2v) is 10.8. The van der Waals surface area contributed by atoms with Gasteiger partial charge < -0.3 is 15.2 Å². The molecule has 0 aliphatic heterocycles. The van der Waals surface area contributed by atoms with Crippen LogP contribution < -0.4 is 14.4 Å². The highest BCUT2D eigenvalue weighted by Gasteiger charge is 2.29. The summed E-state index contributed by atoms with van der Waals surface area (Å²) < 4.78 is 33.8. The molecule has 1 aromatic heterocycles. The van der Waals surface area contributed by atoms with Gasteiger partial charge in [-0.2, -0.15) is 0 Å². The van der Waals surface area contributed by atoms with E-state index >= 15 is 0 Å². The fourth-order valence-corrected chi connectivity index (χ4v) is 4.73. The summed E-state index contributed by atoms with van der Waals surface area (Å²) in [6.07, 6.45) is 3.42. The lowest BCUT2D eigenvalue weighted by molar-refractivity contribution is 0.333. The zero-order chi connectivity index (χ0) is 24.2. The number of para-hydroxylation sites is 1. The van der Waals surface area contributed by atoms with Crippen LogP contribution in [0.25, 0.3) is 0 Å². The summed E-state index contributed by atoms with van der Waals surface area (Å²) in [5, 5.41) is 14.0. The molecule has 0 radical (unpaired) electrons. The molecule has 0 fully saturated rings. The van der Waals surface area contributed by atoms with Gasteiger partial charge in [-0.3, -0.25) is 9.29 Å². The van der Waals surface area contributed by atoms with Crippen LogP contribution in [-0.4, -0.2) is 38.7 Å². The molecule has 8 heteroatoms. The molecule has 0 bridgehead atoms. The zero-order valence-corrected chi connectivity index (χ0v) is 20.5. The molecule has 0 aliphatic carbocycles. The van der Waals surface area contributed by atoms with Crippen LogP contribution in [0.4, 0.5) is 11.4 Å². The highest BCUT2D eigenvalue weighted by Crippen LogP contribution is 2.37. The molecule has 0 spiro atoms. The van der Waals surface area contributed by atoms with E-state index in [2.05, 4.69) is 10.3 Å². The minimum atomic E-state index is -3.99. The van der Waals surface area contributed by atoms with Crippen LogP contribution >= 0.6 is 0 Å². The van der Waals surface area contributed by atoms with Gasteiger partial charge in [-0.15, -0.1) is 0 Å². The number of aromatic hydroxyl groups is 1. The van der Waals surface area contributed by atoms with Gasteiger partial charge in [-0.05, 0) is 48.2 Å². The number of pyridine rings is 1. The van der Waals surface area contributed by atoms with Gasteiger partial charge in [0.15, 0.2) is 0 Å². The summed E-state index contributed by atoms with van der Waals surface area (Å²) >= 11 is 0. The molecule has 0 amide bonds. The predicted molar refractivity (Wildman–Crippen MR) is 132 cm³/mol. The number of aromatic nitrogens is 1. The number of hydrogen-bond donors (Lipinski definition) is 2. The van der Waals surface area contributed by atoms with Crippen molar-refractivity contribution in [3.63, 3.8) is 0 Å². The molecule has 0 saturated heterocycles. The average molecular weight is 470 g/mol. The monoisotopic (exact) mass is 469 g/mol.